The van der Waals surface area contributed by atoms with Gasteiger partial charge in [0.15, 0.2) is 8.32 Å². The van der Waals surface area contributed by atoms with E-state index in [1.807, 2.05) is 37.3 Å². The molecule has 1 aliphatic heterocycles. The Balaban J connectivity index is 1.93. The minimum Gasteiger partial charge on any atom is -0.413 e. The van der Waals surface area contributed by atoms with E-state index < -0.39 is 8.32 Å². The van der Waals surface area contributed by atoms with E-state index in [-0.39, 0.29) is 29.2 Å². The molecule has 5 heteroatoms. The van der Waals surface area contributed by atoms with Crippen LogP contribution in [0.3, 0.4) is 0 Å². The molecule has 0 bridgehead atoms. The van der Waals surface area contributed by atoms with Crippen molar-refractivity contribution in [3.8, 4) is 0 Å². The summed E-state index contributed by atoms with van der Waals surface area (Å²) in [4.78, 5) is 12.0. The third kappa shape index (κ3) is 4.22. The molecule has 0 aromatic heterocycles. The van der Waals surface area contributed by atoms with Gasteiger partial charge in [0.05, 0.1) is 12.7 Å². The molecule has 0 spiro atoms. The van der Waals surface area contributed by atoms with Crippen molar-refractivity contribution in [1.29, 1.82) is 0 Å². The highest BCUT2D eigenvalue weighted by atomic mass is 28.4. The van der Waals surface area contributed by atoms with Crippen LogP contribution in [0, 0.1) is 5.92 Å². The molecule has 1 saturated heterocycles. The van der Waals surface area contributed by atoms with Crippen LogP contribution in [0.5, 0.6) is 0 Å². The molecule has 0 radical (unpaired) electrons. The molecule has 0 saturated carbocycles. The van der Waals surface area contributed by atoms with Crippen molar-refractivity contribution in [1.82, 2.24) is 5.32 Å². The minimum absolute atomic E-state index is 0.0225. The maximum absolute atomic E-state index is 12.0. The van der Waals surface area contributed by atoms with Crippen LogP contribution in [-0.2, 0) is 20.6 Å². The van der Waals surface area contributed by atoms with Gasteiger partial charge in [-0.15, -0.1) is 0 Å². The molecule has 2 rings (SSSR count). The van der Waals surface area contributed by atoms with Crippen molar-refractivity contribution < 1.29 is 14.0 Å². The highest BCUT2D eigenvalue weighted by Crippen LogP contribution is 2.39. The highest BCUT2D eigenvalue weighted by molar-refractivity contribution is 6.74. The van der Waals surface area contributed by atoms with Gasteiger partial charge in [-0.25, -0.2) is 0 Å². The normalized spacial score (nSPS) is 23.1. The lowest BCUT2D eigenvalue weighted by Crippen LogP contribution is -2.64. The summed E-state index contributed by atoms with van der Waals surface area (Å²) in [5, 5.41) is 2.97. The Hall–Kier alpha value is -1.17. The number of carbonyl (C=O) groups excluding carboxylic acids is 1. The molecule has 23 heavy (non-hydrogen) atoms. The van der Waals surface area contributed by atoms with Gasteiger partial charge in [-0.3, -0.25) is 4.79 Å². The van der Waals surface area contributed by atoms with Gasteiger partial charge < -0.3 is 14.5 Å². The zero-order valence-electron chi connectivity index (χ0n) is 15.1. The summed E-state index contributed by atoms with van der Waals surface area (Å²) in [7, 11) is -1.89. The second kappa shape index (κ2) is 6.75. The van der Waals surface area contributed by atoms with Gasteiger partial charge in [0.25, 0.3) is 0 Å². The number of benzene rings is 1. The molecule has 0 aliphatic carbocycles. The van der Waals surface area contributed by atoms with E-state index in [2.05, 4.69) is 39.2 Å². The van der Waals surface area contributed by atoms with E-state index in [1.54, 1.807) is 0 Å². The van der Waals surface area contributed by atoms with E-state index in [4.69, 9.17) is 9.16 Å². The van der Waals surface area contributed by atoms with Crippen molar-refractivity contribution in [2.75, 3.05) is 0 Å². The molecule has 1 fully saturated rings. The minimum atomic E-state index is -1.89. The monoisotopic (exact) mass is 335 g/mol. The van der Waals surface area contributed by atoms with Crippen LogP contribution in [0.15, 0.2) is 30.3 Å². The number of hydrogen-bond donors (Lipinski definition) is 1. The van der Waals surface area contributed by atoms with Crippen LogP contribution in [0.25, 0.3) is 0 Å². The van der Waals surface area contributed by atoms with Gasteiger partial charge in [0.1, 0.15) is 12.1 Å². The van der Waals surface area contributed by atoms with Gasteiger partial charge in [0, 0.05) is 0 Å². The van der Waals surface area contributed by atoms with Crippen LogP contribution < -0.4 is 5.32 Å². The topological polar surface area (TPSA) is 47.6 Å². The molecule has 1 aliphatic rings. The average Bonchev–Trinajstić information content (AvgIpc) is 2.42. The molecular weight excluding hydrogens is 306 g/mol. The Morgan fingerprint density at radius 2 is 1.83 bits per heavy atom. The number of carbonyl (C=O) groups is 1. The Labute approximate surface area is 140 Å². The number of nitrogens with one attached hydrogen (secondary N) is 1. The lowest BCUT2D eigenvalue weighted by atomic mass is 9.93. The average molecular weight is 336 g/mol. The molecule has 1 aromatic rings. The van der Waals surface area contributed by atoms with Crippen molar-refractivity contribution in [2.45, 2.75) is 64.8 Å². The van der Waals surface area contributed by atoms with E-state index in [1.165, 1.54) is 0 Å². The van der Waals surface area contributed by atoms with Crippen LogP contribution in [0.4, 0.5) is 0 Å². The lowest BCUT2D eigenvalue weighted by molar-refractivity contribution is -0.163. The zero-order chi connectivity index (χ0) is 17.3. The summed E-state index contributed by atoms with van der Waals surface area (Å²) in [6.07, 6.45) is -0.395. The molecule has 4 nitrogen and oxygen atoms in total. The predicted molar refractivity (Wildman–Crippen MR) is 94.4 cm³/mol. The second-order valence-electron chi connectivity index (χ2n) is 7.83. The summed E-state index contributed by atoms with van der Waals surface area (Å²) >= 11 is 0. The highest BCUT2D eigenvalue weighted by Gasteiger charge is 2.48. The van der Waals surface area contributed by atoms with E-state index in [0.29, 0.717) is 6.61 Å². The molecular formula is C18H29NO3Si. The van der Waals surface area contributed by atoms with Crippen molar-refractivity contribution in [2.24, 2.45) is 5.92 Å². The fourth-order valence-corrected chi connectivity index (χ4v) is 3.88. The Morgan fingerprint density at radius 1 is 1.22 bits per heavy atom. The summed E-state index contributed by atoms with van der Waals surface area (Å²) in [5.74, 6) is -0.206. The predicted octanol–water partition coefficient (Wildman–Crippen LogP) is 3.69. The molecule has 1 aromatic carbocycles. The number of amides is 1. The summed E-state index contributed by atoms with van der Waals surface area (Å²) in [5.41, 5.74) is 1.10. The van der Waals surface area contributed by atoms with Gasteiger partial charge in [-0.1, -0.05) is 51.1 Å². The Morgan fingerprint density at radius 3 is 2.35 bits per heavy atom. The molecule has 1 amide bonds. The Bertz CT molecular complexity index is 539. The third-order valence-corrected chi connectivity index (χ3v) is 9.55. The van der Waals surface area contributed by atoms with Gasteiger partial charge in [-0.05, 0) is 30.6 Å². The van der Waals surface area contributed by atoms with E-state index >= 15 is 0 Å². The SMILES string of the molecule is C[C@@H](O[Si](C)(C)C(C)(C)C)[C@H]1C(=O)N[C@@H]1OCc1ccccc1. The van der Waals surface area contributed by atoms with Crippen molar-refractivity contribution in [3.63, 3.8) is 0 Å². The molecule has 128 valence electrons. The maximum atomic E-state index is 12.0. The van der Waals surface area contributed by atoms with Crippen LogP contribution in [0.2, 0.25) is 18.1 Å². The first kappa shape index (κ1) is 18.2. The van der Waals surface area contributed by atoms with Crippen molar-refractivity contribution >= 4 is 14.2 Å². The summed E-state index contributed by atoms with van der Waals surface area (Å²) in [6.45, 7) is 13.5. The number of ether oxygens (including phenoxy) is 1. The number of hydrogen-bond acceptors (Lipinski definition) is 3. The lowest BCUT2D eigenvalue weighted by Gasteiger charge is -2.45. The van der Waals surface area contributed by atoms with Crippen molar-refractivity contribution in [3.05, 3.63) is 35.9 Å². The first-order valence-electron chi connectivity index (χ1n) is 8.25. The number of rotatable bonds is 6. The molecule has 0 unspecified atom stereocenters. The fraction of sp³-hybridized carbons (Fsp3) is 0.611. The molecule has 1 heterocycles. The van der Waals surface area contributed by atoms with Crippen LogP contribution in [-0.4, -0.2) is 26.6 Å². The Kier molecular flexibility index (Phi) is 5.33. The zero-order valence-corrected chi connectivity index (χ0v) is 16.1. The third-order valence-electron chi connectivity index (χ3n) is 4.98. The maximum Gasteiger partial charge on any atom is 0.232 e. The van der Waals surface area contributed by atoms with Gasteiger partial charge in [0.2, 0.25) is 5.91 Å². The summed E-state index contributed by atoms with van der Waals surface area (Å²) in [6, 6.07) is 9.99. The first-order chi connectivity index (χ1) is 10.6. The fourth-order valence-electron chi connectivity index (χ4n) is 2.45. The second-order valence-corrected chi connectivity index (χ2v) is 12.6. The smallest absolute Gasteiger partial charge is 0.232 e. The number of β-lactam (4-membered cyclic amide) rings is 1. The van der Waals surface area contributed by atoms with E-state index in [0.717, 1.165) is 5.56 Å². The van der Waals surface area contributed by atoms with E-state index in [9.17, 15) is 4.79 Å². The van der Waals surface area contributed by atoms with Crippen LogP contribution in [0.1, 0.15) is 33.3 Å². The van der Waals surface area contributed by atoms with Gasteiger partial charge >= 0.3 is 0 Å². The quantitative estimate of drug-likeness (QED) is 0.637. The largest absolute Gasteiger partial charge is 0.413 e. The van der Waals surface area contributed by atoms with Crippen LogP contribution >= 0.6 is 0 Å². The molecule has 1 N–H and O–H groups in total. The standard InChI is InChI=1S/C18H29NO3Si/c1-13(22-23(5,6)18(2,3)4)15-16(20)19-17(15)21-12-14-10-8-7-9-11-14/h7-11,13,15,17H,12H2,1-6H3,(H,19,20)/t13-,15+,17-/m1/s1. The molecule has 3 atom stereocenters. The summed E-state index contributed by atoms with van der Waals surface area (Å²) < 4.78 is 12.2. The van der Waals surface area contributed by atoms with Gasteiger partial charge in [-0.2, -0.15) is 0 Å². The first-order valence-corrected chi connectivity index (χ1v) is 11.2.